The van der Waals surface area contributed by atoms with Gasteiger partial charge in [0.15, 0.2) is 0 Å². The number of halogens is 2. The molecule has 6 heteroatoms. The minimum Gasteiger partial charge on any atom is -0.334 e. The molecule has 4 nitrogen and oxygen atoms in total. The molecule has 0 atom stereocenters. The molecule has 0 saturated heterocycles. The molecule has 1 amide bonds. The fourth-order valence-electron chi connectivity index (χ4n) is 3.13. The van der Waals surface area contributed by atoms with Gasteiger partial charge in [0.25, 0.3) is 0 Å². The second-order valence-corrected chi connectivity index (χ2v) is 6.65. The van der Waals surface area contributed by atoms with Gasteiger partial charge in [-0.05, 0) is 30.9 Å². The summed E-state index contributed by atoms with van der Waals surface area (Å²) in [5.41, 5.74) is 1.65. The fraction of sp³-hybridized carbons (Fsp3) is 0.444. The number of aryl methyl sites for hydroxylation is 1. The smallest absolute Gasteiger partial charge is 0.237 e. The Bertz CT molecular complexity index is 727. The van der Waals surface area contributed by atoms with Crippen molar-refractivity contribution in [3.05, 3.63) is 42.1 Å². The average molecular weight is 350 g/mol. The number of nitrogens with zero attached hydrogens (tertiary/aromatic N) is 3. The molecule has 24 heavy (non-hydrogen) atoms. The van der Waals surface area contributed by atoms with Crippen LogP contribution in [-0.2, 0) is 18.4 Å². The van der Waals surface area contributed by atoms with Crippen LogP contribution in [0.5, 0.6) is 0 Å². The Labute approximate surface area is 146 Å². The zero-order valence-corrected chi connectivity index (χ0v) is 14.5. The number of alkyl halides is 2. The maximum atomic E-state index is 14.5. The summed E-state index contributed by atoms with van der Waals surface area (Å²) in [7, 11) is 1.87. The largest absolute Gasteiger partial charge is 0.334 e. The van der Waals surface area contributed by atoms with Crippen LogP contribution in [0.3, 0.4) is 0 Å². The van der Waals surface area contributed by atoms with Crippen LogP contribution in [0.4, 0.5) is 4.39 Å². The molecule has 1 saturated carbocycles. The molecule has 0 radical (unpaired) electrons. The minimum atomic E-state index is -1.26. The topological polar surface area (TPSA) is 38.1 Å². The highest BCUT2D eigenvalue weighted by Gasteiger charge is 2.39. The Morgan fingerprint density at radius 2 is 2.12 bits per heavy atom. The van der Waals surface area contributed by atoms with E-state index < -0.39 is 5.67 Å². The lowest BCUT2D eigenvalue weighted by atomic mass is 9.81. The first-order valence-corrected chi connectivity index (χ1v) is 8.65. The van der Waals surface area contributed by atoms with Gasteiger partial charge in [-0.2, -0.15) is 5.10 Å². The summed E-state index contributed by atoms with van der Waals surface area (Å²) < 4.78 is 16.3. The molecule has 1 aliphatic carbocycles. The first kappa shape index (κ1) is 17.0. The van der Waals surface area contributed by atoms with E-state index in [9.17, 15) is 9.18 Å². The highest BCUT2D eigenvalue weighted by molar-refractivity contribution is 6.27. The number of rotatable bonds is 6. The van der Waals surface area contributed by atoms with Crippen LogP contribution in [0.15, 0.2) is 36.5 Å². The standard InChI is InChI=1S/C18H21ClFN3O/c1-22-16(7-10-21-22)15-6-3-2-5-14(15)12-23(17(24)11-19)13-18(20)8-4-9-18/h2-3,5-7,10H,4,8-9,11-13H2,1H3. The lowest BCUT2D eigenvalue weighted by molar-refractivity contribution is -0.132. The van der Waals surface area contributed by atoms with Gasteiger partial charge >= 0.3 is 0 Å². The Balaban J connectivity index is 1.87. The third kappa shape index (κ3) is 3.46. The van der Waals surface area contributed by atoms with Crippen LogP contribution in [-0.4, -0.2) is 38.7 Å². The highest BCUT2D eigenvalue weighted by Crippen LogP contribution is 2.37. The lowest BCUT2D eigenvalue weighted by Crippen LogP contribution is -2.47. The van der Waals surface area contributed by atoms with Crippen molar-refractivity contribution in [1.29, 1.82) is 0 Å². The van der Waals surface area contributed by atoms with Gasteiger partial charge in [-0.1, -0.05) is 24.3 Å². The zero-order valence-electron chi connectivity index (χ0n) is 13.7. The third-order valence-electron chi connectivity index (χ3n) is 4.67. The number of amides is 1. The van der Waals surface area contributed by atoms with Crippen molar-refractivity contribution in [3.63, 3.8) is 0 Å². The molecule has 0 N–H and O–H groups in total. The summed E-state index contributed by atoms with van der Waals surface area (Å²) in [6, 6.07) is 9.75. The molecular weight excluding hydrogens is 329 g/mol. The van der Waals surface area contributed by atoms with Gasteiger partial charge in [0.2, 0.25) is 5.91 Å². The van der Waals surface area contributed by atoms with E-state index in [1.54, 1.807) is 15.8 Å². The van der Waals surface area contributed by atoms with E-state index in [4.69, 9.17) is 11.6 Å². The quantitative estimate of drug-likeness (QED) is 0.748. The van der Waals surface area contributed by atoms with Crippen molar-refractivity contribution in [1.82, 2.24) is 14.7 Å². The normalized spacial score (nSPS) is 15.8. The Morgan fingerprint density at radius 1 is 1.38 bits per heavy atom. The fourth-order valence-corrected chi connectivity index (χ4v) is 3.30. The summed E-state index contributed by atoms with van der Waals surface area (Å²) in [6.45, 7) is 0.455. The van der Waals surface area contributed by atoms with Gasteiger partial charge in [-0.3, -0.25) is 9.48 Å². The second-order valence-electron chi connectivity index (χ2n) is 6.39. The van der Waals surface area contributed by atoms with Crippen molar-refractivity contribution in [2.75, 3.05) is 12.4 Å². The van der Waals surface area contributed by atoms with Crippen LogP contribution in [0.2, 0.25) is 0 Å². The van der Waals surface area contributed by atoms with Gasteiger partial charge < -0.3 is 4.90 Å². The predicted molar refractivity (Wildman–Crippen MR) is 92.5 cm³/mol. The summed E-state index contributed by atoms with van der Waals surface area (Å²) in [5.74, 6) is -0.371. The van der Waals surface area contributed by atoms with E-state index in [0.717, 1.165) is 23.2 Å². The Hall–Kier alpha value is -1.88. The van der Waals surface area contributed by atoms with Crippen LogP contribution in [0.1, 0.15) is 24.8 Å². The zero-order chi connectivity index (χ0) is 17.2. The van der Waals surface area contributed by atoms with E-state index in [2.05, 4.69) is 5.10 Å². The van der Waals surface area contributed by atoms with Gasteiger partial charge in [-0.15, -0.1) is 11.6 Å². The molecular formula is C18H21ClFN3O. The Kier molecular flexibility index (Phi) is 4.90. The van der Waals surface area contributed by atoms with Crippen LogP contribution in [0.25, 0.3) is 11.3 Å². The summed E-state index contributed by atoms with van der Waals surface area (Å²) >= 11 is 5.74. The number of aromatic nitrogens is 2. The molecule has 128 valence electrons. The van der Waals surface area contributed by atoms with E-state index in [-0.39, 0.29) is 18.3 Å². The monoisotopic (exact) mass is 349 g/mol. The number of benzene rings is 1. The molecule has 2 aromatic rings. The van der Waals surface area contributed by atoms with Gasteiger partial charge in [0, 0.05) is 25.4 Å². The first-order chi connectivity index (χ1) is 11.5. The third-order valence-corrected chi connectivity index (χ3v) is 4.89. The van der Waals surface area contributed by atoms with Crippen LogP contribution < -0.4 is 0 Å². The molecule has 1 aromatic carbocycles. The number of hydrogen-bond acceptors (Lipinski definition) is 2. The van der Waals surface area contributed by atoms with Gasteiger partial charge in [0.05, 0.1) is 12.2 Å². The molecule has 1 heterocycles. The first-order valence-electron chi connectivity index (χ1n) is 8.11. The van der Waals surface area contributed by atoms with E-state index in [0.29, 0.717) is 19.4 Å². The molecule has 0 unspecified atom stereocenters. The average Bonchev–Trinajstić information content (AvgIpc) is 2.98. The lowest BCUT2D eigenvalue weighted by Gasteiger charge is -2.38. The highest BCUT2D eigenvalue weighted by atomic mass is 35.5. The molecule has 0 spiro atoms. The number of carbonyl (C=O) groups excluding carboxylic acids is 1. The molecule has 0 bridgehead atoms. The van der Waals surface area contributed by atoms with E-state index in [1.165, 1.54) is 0 Å². The van der Waals surface area contributed by atoms with Crippen molar-refractivity contribution < 1.29 is 9.18 Å². The van der Waals surface area contributed by atoms with Gasteiger partial charge in [-0.25, -0.2) is 4.39 Å². The molecule has 1 aromatic heterocycles. The van der Waals surface area contributed by atoms with E-state index in [1.807, 2.05) is 37.4 Å². The molecule has 1 aliphatic rings. The summed E-state index contributed by atoms with van der Waals surface area (Å²) in [4.78, 5) is 13.8. The maximum absolute atomic E-state index is 14.5. The van der Waals surface area contributed by atoms with Crippen molar-refractivity contribution in [2.24, 2.45) is 7.05 Å². The van der Waals surface area contributed by atoms with Crippen molar-refractivity contribution in [2.45, 2.75) is 31.5 Å². The van der Waals surface area contributed by atoms with E-state index >= 15 is 0 Å². The molecule has 3 rings (SSSR count). The second kappa shape index (κ2) is 6.93. The van der Waals surface area contributed by atoms with Gasteiger partial charge in [0.1, 0.15) is 11.5 Å². The minimum absolute atomic E-state index is 0.109. The molecule has 1 fully saturated rings. The SMILES string of the molecule is Cn1nccc1-c1ccccc1CN(CC1(F)CCC1)C(=O)CCl. The predicted octanol–water partition coefficient (Wildman–Crippen LogP) is 3.55. The Morgan fingerprint density at radius 3 is 2.71 bits per heavy atom. The van der Waals surface area contributed by atoms with Crippen LogP contribution >= 0.6 is 11.6 Å². The van der Waals surface area contributed by atoms with Crippen molar-refractivity contribution >= 4 is 17.5 Å². The number of carbonyl (C=O) groups is 1. The number of hydrogen-bond donors (Lipinski definition) is 0. The maximum Gasteiger partial charge on any atom is 0.237 e. The molecule has 0 aliphatic heterocycles. The van der Waals surface area contributed by atoms with Crippen molar-refractivity contribution in [3.8, 4) is 11.3 Å². The summed E-state index contributed by atoms with van der Waals surface area (Å²) in [5, 5.41) is 4.20. The summed E-state index contributed by atoms with van der Waals surface area (Å²) in [6.07, 6.45) is 3.65. The van der Waals surface area contributed by atoms with Crippen LogP contribution in [0, 0.1) is 0 Å².